The number of carbonyl (C=O) groups is 1. The predicted molar refractivity (Wildman–Crippen MR) is 96.4 cm³/mol. The van der Waals surface area contributed by atoms with E-state index in [4.69, 9.17) is 4.74 Å². The van der Waals surface area contributed by atoms with Crippen molar-refractivity contribution in [2.24, 2.45) is 20.0 Å². The molecule has 140 valence electrons. The molecule has 2 aliphatic heterocycles. The third kappa shape index (κ3) is 3.28. The van der Waals surface area contributed by atoms with Crippen LogP contribution in [0.3, 0.4) is 0 Å². The van der Waals surface area contributed by atoms with E-state index in [0.717, 1.165) is 44.3 Å². The number of hydrogen-bond donors (Lipinski definition) is 0. The lowest BCUT2D eigenvalue weighted by Gasteiger charge is -2.37. The van der Waals surface area contributed by atoms with Crippen LogP contribution >= 0.6 is 0 Å². The van der Waals surface area contributed by atoms with Gasteiger partial charge < -0.3 is 9.64 Å². The monoisotopic (exact) mass is 357 g/mol. The Morgan fingerprint density at radius 2 is 2.00 bits per heavy atom. The summed E-state index contributed by atoms with van der Waals surface area (Å²) in [6.45, 7) is 2.34. The number of aromatic nitrogens is 4. The molecule has 2 atom stereocenters. The number of amides is 1. The summed E-state index contributed by atoms with van der Waals surface area (Å²) in [6, 6.07) is 2.09. The van der Waals surface area contributed by atoms with Crippen molar-refractivity contribution in [3.63, 3.8) is 0 Å². The summed E-state index contributed by atoms with van der Waals surface area (Å²) in [5.74, 6) is 0.631. The topological polar surface area (TPSA) is 65.2 Å². The standard InChI is InChI=1S/C19H27N5O2/c1-22-13-15(12-21-22)18-16(4-3-11-26-18)19(25)24-9-6-14(7-10-24)17-5-8-20-23(17)2/h5,8,12-14,16,18H,3-4,6-7,9-11H2,1-2H3/t16-,18+/m1/s1. The SMILES string of the molecule is Cn1cc([C@@H]2OCCC[C@H]2C(=O)N2CCC(c3ccnn3C)CC2)cn1. The molecule has 0 bridgehead atoms. The fraction of sp³-hybridized carbons (Fsp3) is 0.632. The Labute approximate surface area is 153 Å². The molecule has 0 spiro atoms. The van der Waals surface area contributed by atoms with E-state index < -0.39 is 0 Å². The first-order chi connectivity index (χ1) is 12.6. The number of nitrogens with zero attached hydrogens (tertiary/aromatic N) is 5. The van der Waals surface area contributed by atoms with Crippen molar-refractivity contribution < 1.29 is 9.53 Å². The van der Waals surface area contributed by atoms with E-state index in [0.29, 0.717) is 12.5 Å². The molecule has 2 fully saturated rings. The van der Waals surface area contributed by atoms with Crippen molar-refractivity contribution in [2.75, 3.05) is 19.7 Å². The number of ether oxygens (including phenoxy) is 1. The summed E-state index contributed by atoms with van der Waals surface area (Å²) in [7, 11) is 3.89. The van der Waals surface area contributed by atoms with Gasteiger partial charge in [0.15, 0.2) is 0 Å². The number of rotatable bonds is 3. The van der Waals surface area contributed by atoms with Crippen molar-refractivity contribution in [1.29, 1.82) is 0 Å². The van der Waals surface area contributed by atoms with Crippen molar-refractivity contribution in [1.82, 2.24) is 24.5 Å². The van der Waals surface area contributed by atoms with Gasteiger partial charge in [-0.1, -0.05) is 0 Å². The molecule has 7 heteroatoms. The fourth-order valence-corrected chi connectivity index (χ4v) is 4.36. The highest BCUT2D eigenvalue weighted by molar-refractivity contribution is 5.80. The zero-order valence-corrected chi connectivity index (χ0v) is 15.5. The molecule has 0 radical (unpaired) electrons. The molecule has 0 unspecified atom stereocenters. The molecule has 7 nitrogen and oxygen atoms in total. The third-order valence-corrected chi connectivity index (χ3v) is 5.78. The van der Waals surface area contributed by atoms with E-state index in [2.05, 4.69) is 16.3 Å². The molecular weight excluding hydrogens is 330 g/mol. The molecule has 0 aliphatic carbocycles. The lowest BCUT2D eigenvalue weighted by atomic mass is 9.87. The molecule has 0 N–H and O–H groups in total. The van der Waals surface area contributed by atoms with Crippen LogP contribution < -0.4 is 0 Å². The average Bonchev–Trinajstić information content (AvgIpc) is 3.29. The van der Waals surface area contributed by atoms with Crippen LogP contribution in [-0.4, -0.2) is 50.1 Å². The van der Waals surface area contributed by atoms with E-state index in [9.17, 15) is 4.79 Å². The van der Waals surface area contributed by atoms with Gasteiger partial charge in [-0.15, -0.1) is 0 Å². The van der Waals surface area contributed by atoms with E-state index in [1.165, 1.54) is 5.69 Å². The van der Waals surface area contributed by atoms with Crippen molar-refractivity contribution in [2.45, 2.75) is 37.7 Å². The highest BCUT2D eigenvalue weighted by Crippen LogP contribution is 2.36. The Bertz CT molecular complexity index is 760. The van der Waals surface area contributed by atoms with Crippen LogP contribution in [0.25, 0.3) is 0 Å². The zero-order chi connectivity index (χ0) is 18.1. The highest BCUT2D eigenvalue weighted by atomic mass is 16.5. The molecule has 4 heterocycles. The van der Waals surface area contributed by atoms with Gasteiger partial charge in [0.05, 0.1) is 18.2 Å². The minimum absolute atomic E-state index is 0.0961. The molecule has 2 aromatic heterocycles. The molecule has 2 aromatic rings. The Morgan fingerprint density at radius 1 is 1.19 bits per heavy atom. The number of carbonyl (C=O) groups excluding carboxylic acids is 1. The quantitative estimate of drug-likeness (QED) is 0.843. The van der Waals surface area contributed by atoms with Crippen molar-refractivity contribution >= 4 is 5.91 Å². The van der Waals surface area contributed by atoms with Crippen LogP contribution in [0.15, 0.2) is 24.7 Å². The van der Waals surface area contributed by atoms with Gasteiger partial charge in [0.1, 0.15) is 0 Å². The van der Waals surface area contributed by atoms with Gasteiger partial charge in [-0.25, -0.2) is 0 Å². The van der Waals surface area contributed by atoms with Gasteiger partial charge in [-0.3, -0.25) is 14.2 Å². The van der Waals surface area contributed by atoms with E-state index >= 15 is 0 Å². The van der Waals surface area contributed by atoms with Gasteiger partial charge in [0, 0.05) is 63.4 Å². The van der Waals surface area contributed by atoms with E-state index in [1.807, 2.05) is 42.3 Å². The second-order valence-electron chi connectivity index (χ2n) is 7.47. The van der Waals surface area contributed by atoms with E-state index in [1.54, 1.807) is 4.68 Å². The first kappa shape index (κ1) is 17.3. The molecule has 4 rings (SSSR count). The number of likely N-dealkylation sites (tertiary alicyclic amines) is 1. The van der Waals surface area contributed by atoms with Gasteiger partial charge in [0.25, 0.3) is 0 Å². The smallest absolute Gasteiger partial charge is 0.228 e. The van der Waals surface area contributed by atoms with Crippen LogP contribution in [0.4, 0.5) is 0 Å². The first-order valence-corrected chi connectivity index (χ1v) is 9.50. The van der Waals surface area contributed by atoms with Crippen LogP contribution in [0, 0.1) is 5.92 Å². The zero-order valence-electron chi connectivity index (χ0n) is 15.5. The average molecular weight is 357 g/mol. The third-order valence-electron chi connectivity index (χ3n) is 5.78. The minimum Gasteiger partial charge on any atom is -0.373 e. The van der Waals surface area contributed by atoms with Gasteiger partial charge in [0.2, 0.25) is 5.91 Å². The molecule has 0 aromatic carbocycles. The maximum Gasteiger partial charge on any atom is 0.228 e. The second-order valence-corrected chi connectivity index (χ2v) is 7.47. The maximum atomic E-state index is 13.2. The predicted octanol–water partition coefficient (Wildman–Crippen LogP) is 2.03. The number of aryl methyl sites for hydroxylation is 2. The van der Waals surface area contributed by atoms with Crippen LogP contribution in [0.2, 0.25) is 0 Å². The lowest BCUT2D eigenvalue weighted by molar-refractivity contribution is -0.146. The van der Waals surface area contributed by atoms with Crippen LogP contribution in [0.1, 0.15) is 49.0 Å². The Morgan fingerprint density at radius 3 is 2.65 bits per heavy atom. The van der Waals surface area contributed by atoms with E-state index in [-0.39, 0.29) is 17.9 Å². The Hall–Kier alpha value is -2.15. The van der Waals surface area contributed by atoms with Gasteiger partial charge in [-0.05, 0) is 31.7 Å². The fourth-order valence-electron chi connectivity index (χ4n) is 4.36. The molecule has 2 saturated heterocycles. The molecule has 2 aliphatic rings. The summed E-state index contributed by atoms with van der Waals surface area (Å²) in [4.78, 5) is 15.2. The summed E-state index contributed by atoms with van der Waals surface area (Å²) in [5, 5.41) is 8.52. The summed E-state index contributed by atoms with van der Waals surface area (Å²) >= 11 is 0. The van der Waals surface area contributed by atoms with Crippen LogP contribution in [-0.2, 0) is 23.6 Å². The number of piperidine rings is 1. The van der Waals surface area contributed by atoms with Gasteiger partial charge >= 0.3 is 0 Å². The highest BCUT2D eigenvalue weighted by Gasteiger charge is 2.37. The van der Waals surface area contributed by atoms with Crippen molar-refractivity contribution in [3.05, 3.63) is 35.9 Å². The first-order valence-electron chi connectivity index (χ1n) is 9.50. The summed E-state index contributed by atoms with van der Waals surface area (Å²) in [5.41, 5.74) is 2.28. The second kappa shape index (κ2) is 7.23. The maximum absolute atomic E-state index is 13.2. The molecular formula is C19H27N5O2. The summed E-state index contributed by atoms with van der Waals surface area (Å²) < 4.78 is 9.71. The molecule has 1 amide bonds. The lowest BCUT2D eigenvalue weighted by Crippen LogP contribution is -2.44. The Kier molecular flexibility index (Phi) is 4.80. The number of hydrogen-bond acceptors (Lipinski definition) is 4. The van der Waals surface area contributed by atoms with Crippen molar-refractivity contribution in [3.8, 4) is 0 Å². The largest absolute Gasteiger partial charge is 0.373 e. The molecule has 0 saturated carbocycles. The molecule has 26 heavy (non-hydrogen) atoms. The Balaban J connectivity index is 1.43. The summed E-state index contributed by atoms with van der Waals surface area (Å²) in [6.07, 6.45) is 9.30. The minimum atomic E-state index is -0.167. The van der Waals surface area contributed by atoms with Crippen LogP contribution in [0.5, 0.6) is 0 Å². The normalized spacial score (nSPS) is 24.8. The van der Waals surface area contributed by atoms with Gasteiger partial charge in [-0.2, -0.15) is 10.2 Å².